The van der Waals surface area contributed by atoms with Gasteiger partial charge in [-0.1, -0.05) is 0 Å². The van der Waals surface area contributed by atoms with Crippen LogP contribution in [-0.4, -0.2) is 42.1 Å². The van der Waals surface area contributed by atoms with E-state index in [1.165, 1.54) is 0 Å². The molecule has 0 fully saturated rings. The molecule has 0 saturated heterocycles. The standard InChI is InChI=1S/C14H21N5O/c1-19(2)9-4-7-15-13-6-8-16-14(18-13)17-11-12-5-3-10-20-12/h3,5-6,8,10H,4,7,9,11H2,1-2H3,(H2,15,16,17,18). The molecule has 0 unspecified atom stereocenters. The van der Waals surface area contributed by atoms with Gasteiger partial charge in [-0.2, -0.15) is 4.98 Å². The maximum absolute atomic E-state index is 5.25. The number of rotatable bonds is 8. The van der Waals surface area contributed by atoms with Crippen LogP contribution in [0.4, 0.5) is 11.8 Å². The minimum absolute atomic E-state index is 0.580. The highest BCUT2D eigenvalue weighted by molar-refractivity contribution is 5.39. The lowest BCUT2D eigenvalue weighted by Gasteiger charge is -2.10. The summed E-state index contributed by atoms with van der Waals surface area (Å²) in [6.45, 7) is 2.53. The Morgan fingerprint density at radius 1 is 1.25 bits per heavy atom. The van der Waals surface area contributed by atoms with Gasteiger partial charge in [0.15, 0.2) is 0 Å². The van der Waals surface area contributed by atoms with Gasteiger partial charge in [-0.25, -0.2) is 4.98 Å². The van der Waals surface area contributed by atoms with E-state index >= 15 is 0 Å². The zero-order chi connectivity index (χ0) is 14.2. The average Bonchev–Trinajstić information content (AvgIpc) is 2.95. The summed E-state index contributed by atoms with van der Waals surface area (Å²) in [5, 5.41) is 6.42. The van der Waals surface area contributed by atoms with Crippen molar-refractivity contribution in [1.82, 2.24) is 14.9 Å². The second kappa shape index (κ2) is 7.49. The molecule has 2 rings (SSSR count). The molecule has 0 aliphatic carbocycles. The van der Waals surface area contributed by atoms with Crippen LogP contribution in [0.3, 0.4) is 0 Å². The zero-order valence-electron chi connectivity index (χ0n) is 12.0. The first-order valence-electron chi connectivity index (χ1n) is 6.72. The van der Waals surface area contributed by atoms with Crippen LogP contribution in [-0.2, 0) is 6.54 Å². The summed E-state index contributed by atoms with van der Waals surface area (Å²) in [4.78, 5) is 10.7. The second-order valence-corrected chi connectivity index (χ2v) is 4.78. The van der Waals surface area contributed by atoms with Crippen LogP contribution < -0.4 is 10.6 Å². The van der Waals surface area contributed by atoms with Crippen molar-refractivity contribution in [2.45, 2.75) is 13.0 Å². The van der Waals surface area contributed by atoms with Crippen LogP contribution >= 0.6 is 0 Å². The summed E-state index contributed by atoms with van der Waals surface area (Å²) in [6.07, 6.45) is 4.47. The van der Waals surface area contributed by atoms with Crippen molar-refractivity contribution >= 4 is 11.8 Å². The number of furan rings is 1. The molecule has 0 saturated carbocycles. The Bertz CT molecular complexity index is 498. The zero-order valence-corrected chi connectivity index (χ0v) is 12.0. The number of nitrogens with zero attached hydrogens (tertiary/aromatic N) is 3. The predicted molar refractivity (Wildman–Crippen MR) is 79.7 cm³/mol. The van der Waals surface area contributed by atoms with Crippen molar-refractivity contribution in [2.75, 3.05) is 37.8 Å². The number of aromatic nitrogens is 2. The van der Waals surface area contributed by atoms with Gasteiger partial charge in [-0.3, -0.25) is 0 Å². The first-order valence-corrected chi connectivity index (χ1v) is 6.72. The van der Waals surface area contributed by atoms with Crippen molar-refractivity contribution in [3.8, 4) is 0 Å². The van der Waals surface area contributed by atoms with Gasteiger partial charge in [0.1, 0.15) is 11.6 Å². The molecule has 108 valence electrons. The van der Waals surface area contributed by atoms with Crippen molar-refractivity contribution in [1.29, 1.82) is 0 Å². The van der Waals surface area contributed by atoms with E-state index in [4.69, 9.17) is 4.42 Å². The van der Waals surface area contributed by atoms with E-state index in [-0.39, 0.29) is 0 Å². The number of anilines is 2. The van der Waals surface area contributed by atoms with Gasteiger partial charge in [0.2, 0.25) is 5.95 Å². The topological polar surface area (TPSA) is 66.2 Å². The van der Waals surface area contributed by atoms with Gasteiger partial charge in [-0.05, 0) is 45.3 Å². The summed E-state index contributed by atoms with van der Waals surface area (Å²) < 4.78 is 5.25. The molecule has 20 heavy (non-hydrogen) atoms. The fourth-order valence-corrected chi connectivity index (χ4v) is 1.73. The van der Waals surface area contributed by atoms with E-state index in [0.29, 0.717) is 12.5 Å². The molecule has 0 bridgehead atoms. The third kappa shape index (κ3) is 4.89. The average molecular weight is 275 g/mol. The minimum atomic E-state index is 0.580. The lowest BCUT2D eigenvalue weighted by Crippen LogP contribution is -2.16. The Hall–Kier alpha value is -2.08. The third-order valence-electron chi connectivity index (χ3n) is 2.74. The Labute approximate surface area is 119 Å². The Morgan fingerprint density at radius 3 is 2.90 bits per heavy atom. The first-order chi connectivity index (χ1) is 9.74. The summed E-state index contributed by atoms with van der Waals surface area (Å²) in [7, 11) is 4.14. The monoisotopic (exact) mass is 275 g/mol. The van der Waals surface area contributed by atoms with Crippen LogP contribution in [0.5, 0.6) is 0 Å². The molecule has 2 aromatic rings. The number of hydrogen-bond acceptors (Lipinski definition) is 6. The molecule has 2 heterocycles. The highest BCUT2D eigenvalue weighted by Gasteiger charge is 2.00. The maximum Gasteiger partial charge on any atom is 0.224 e. The van der Waals surface area contributed by atoms with Gasteiger partial charge < -0.3 is 20.0 Å². The second-order valence-electron chi connectivity index (χ2n) is 4.78. The molecule has 0 radical (unpaired) electrons. The van der Waals surface area contributed by atoms with Crippen molar-refractivity contribution in [2.24, 2.45) is 0 Å². The highest BCUT2D eigenvalue weighted by Crippen LogP contribution is 2.08. The van der Waals surface area contributed by atoms with E-state index in [2.05, 4.69) is 39.6 Å². The van der Waals surface area contributed by atoms with Crippen molar-refractivity contribution in [3.05, 3.63) is 36.4 Å². The summed E-state index contributed by atoms with van der Waals surface area (Å²) in [6, 6.07) is 5.64. The normalized spacial score (nSPS) is 10.8. The molecule has 6 nitrogen and oxygen atoms in total. The van der Waals surface area contributed by atoms with E-state index in [9.17, 15) is 0 Å². The van der Waals surface area contributed by atoms with Gasteiger partial charge in [0.05, 0.1) is 12.8 Å². The van der Waals surface area contributed by atoms with Crippen molar-refractivity contribution < 1.29 is 4.42 Å². The van der Waals surface area contributed by atoms with Gasteiger partial charge in [-0.15, -0.1) is 0 Å². The molecule has 0 spiro atoms. The molecule has 2 N–H and O–H groups in total. The molecule has 0 aromatic carbocycles. The summed E-state index contributed by atoms with van der Waals surface area (Å²) >= 11 is 0. The van der Waals surface area contributed by atoms with E-state index in [1.807, 2.05) is 18.2 Å². The van der Waals surface area contributed by atoms with Gasteiger partial charge >= 0.3 is 0 Å². The van der Waals surface area contributed by atoms with E-state index in [0.717, 1.165) is 31.1 Å². The van der Waals surface area contributed by atoms with Crippen LogP contribution in [0, 0.1) is 0 Å². The summed E-state index contributed by atoms with van der Waals surface area (Å²) in [5.74, 6) is 2.29. The fourth-order valence-electron chi connectivity index (χ4n) is 1.73. The van der Waals surface area contributed by atoms with Gasteiger partial charge in [0, 0.05) is 12.7 Å². The lowest BCUT2D eigenvalue weighted by molar-refractivity contribution is 0.405. The lowest BCUT2D eigenvalue weighted by atomic mass is 10.4. The maximum atomic E-state index is 5.25. The number of nitrogens with one attached hydrogen (secondary N) is 2. The largest absolute Gasteiger partial charge is 0.467 e. The predicted octanol–water partition coefficient (Wildman–Crippen LogP) is 2.05. The molecule has 0 atom stereocenters. The smallest absolute Gasteiger partial charge is 0.224 e. The Kier molecular flexibility index (Phi) is 5.37. The molecule has 0 aliphatic heterocycles. The molecular formula is C14H21N5O. The van der Waals surface area contributed by atoms with Crippen molar-refractivity contribution in [3.63, 3.8) is 0 Å². The van der Waals surface area contributed by atoms with Crippen LogP contribution in [0.1, 0.15) is 12.2 Å². The van der Waals surface area contributed by atoms with E-state index in [1.54, 1.807) is 12.5 Å². The molecule has 6 heteroatoms. The third-order valence-corrected chi connectivity index (χ3v) is 2.74. The van der Waals surface area contributed by atoms with Crippen LogP contribution in [0.15, 0.2) is 35.1 Å². The SMILES string of the molecule is CN(C)CCCNc1ccnc(NCc2ccco2)n1. The molecule has 0 amide bonds. The molecule has 2 aromatic heterocycles. The highest BCUT2D eigenvalue weighted by atomic mass is 16.3. The van der Waals surface area contributed by atoms with Gasteiger partial charge in [0.25, 0.3) is 0 Å². The summed E-state index contributed by atoms with van der Waals surface area (Å²) in [5.41, 5.74) is 0. The Morgan fingerprint density at radius 2 is 2.15 bits per heavy atom. The number of hydrogen-bond donors (Lipinski definition) is 2. The van der Waals surface area contributed by atoms with Crippen LogP contribution in [0.2, 0.25) is 0 Å². The minimum Gasteiger partial charge on any atom is -0.467 e. The molecular weight excluding hydrogens is 254 g/mol. The first kappa shape index (κ1) is 14.3. The molecule has 0 aliphatic rings. The Balaban J connectivity index is 1.78. The van der Waals surface area contributed by atoms with E-state index < -0.39 is 0 Å². The quantitative estimate of drug-likeness (QED) is 0.719. The van der Waals surface area contributed by atoms with Crippen LogP contribution in [0.25, 0.3) is 0 Å². The fraction of sp³-hybridized carbons (Fsp3) is 0.429.